The summed E-state index contributed by atoms with van der Waals surface area (Å²) >= 11 is 0. The zero-order valence-electron chi connectivity index (χ0n) is 16.9. The van der Waals surface area contributed by atoms with Gasteiger partial charge in [-0.05, 0) is 60.7 Å². The normalized spacial score (nSPS) is 14.1. The van der Waals surface area contributed by atoms with Crippen molar-refractivity contribution >= 4 is 11.7 Å². The second-order valence-electron chi connectivity index (χ2n) is 7.42. The molecule has 3 aromatic rings. The van der Waals surface area contributed by atoms with Crippen LogP contribution in [0.1, 0.15) is 40.5 Å². The van der Waals surface area contributed by atoms with Crippen LogP contribution in [0.3, 0.4) is 0 Å². The molecule has 0 radical (unpaired) electrons. The summed E-state index contributed by atoms with van der Waals surface area (Å²) in [5.41, 5.74) is 1.90. The van der Waals surface area contributed by atoms with Crippen LogP contribution >= 0.6 is 0 Å². The van der Waals surface area contributed by atoms with E-state index in [4.69, 9.17) is 4.74 Å². The van der Waals surface area contributed by atoms with Crippen molar-refractivity contribution in [3.05, 3.63) is 77.7 Å². The smallest absolute Gasteiger partial charge is 0.387 e. The van der Waals surface area contributed by atoms with E-state index in [1.807, 2.05) is 6.07 Å². The van der Waals surface area contributed by atoms with E-state index in [2.05, 4.69) is 20.0 Å². The first-order valence-corrected chi connectivity index (χ1v) is 10.1. The van der Waals surface area contributed by atoms with Crippen molar-refractivity contribution in [1.29, 1.82) is 0 Å². The largest absolute Gasteiger partial charge is 0.478 e. The van der Waals surface area contributed by atoms with Gasteiger partial charge in [-0.1, -0.05) is 12.1 Å². The molecule has 1 aliphatic carbocycles. The third-order valence-corrected chi connectivity index (χ3v) is 4.95. The number of alkyl halides is 2. The standard InChI is InChI=1S/C23H21F2N3O4/c24-23(25)32-19-9-8-18(28-21(19)31-13-14-6-7-14)20(16-4-2-10-26-12-16)27-17-5-1-3-15(11-17)22(29)30/h1-5,8-12,14,20,23,27H,6-7,13H2,(H,29,30). The minimum Gasteiger partial charge on any atom is -0.478 e. The number of hydrogen-bond donors (Lipinski definition) is 2. The molecule has 0 aliphatic heterocycles. The molecule has 1 aliphatic rings. The molecule has 0 amide bonds. The van der Waals surface area contributed by atoms with Crippen molar-refractivity contribution in [2.24, 2.45) is 5.92 Å². The molecule has 9 heteroatoms. The molecule has 2 heterocycles. The topological polar surface area (TPSA) is 93.6 Å². The zero-order valence-corrected chi connectivity index (χ0v) is 16.9. The van der Waals surface area contributed by atoms with Crippen LogP contribution in [-0.2, 0) is 0 Å². The third kappa shape index (κ3) is 5.48. The molecule has 1 unspecified atom stereocenters. The lowest BCUT2D eigenvalue weighted by Gasteiger charge is -2.21. The van der Waals surface area contributed by atoms with Crippen LogP contribution in [0.25, 0.3) is 0 Å². The van der Waals surface area contributed by atoms with E-state index in [9.17, 15) is 18.7 Å². The number of rotatable bonds is 10. The van der Waals surface area contributed by atoms with Crippen molar-refractivity contribution in [1.82, 2.24) is 9.97 Å². The SMILES string of the molecule is O=C(O)c1cccc(NC(c2cccnc2)c2ccc(OC(F)F)c(OCC3CC3)n2)c1. The number of nitrogens with one attached hydrogen (secondary N) is 1. The highest BCUT2D eigenvalue weighted by molar-refractivity contribution is 5.88. The predicted octanol–water partition coefficient (Wildman–Crippen LogP) is 4.77. The maximum atomic E-state index is 12.9. The number of hydrogen-bond acceptors (Lipinski definition) is 6. The Bertz CT molecular complexity index is 1080. The molecule has 32 heavy (non-hydrogen) atoms. The fourth-order valence-corrected chi connectivity index (χ4v) is 3.16. The number of pyridine rings is 2. The molecule has 0 bridgehead atoms. The number of aromatic carboxylic acids is 1. The Morgan fingerprint density at radius 3 is 2.72 bits per heavy atom. The van der Waals surface area contributed by atoms with Crippen LogP contribution in [0.2, 0.25) is 0 Å². The van der Waals surface area contributed by atoms with E-state index in [-0.39, 0.29) is 17.2 Å². The fraction of sp³-hybridized carbons (Fsp3) is 0.261. The number of ether oxygens (including phenoxy) is 2. The quantitative estimate of drug-likeness (QED) is 0.468. The molecule has 0 spiro atoms. The Morgan fingerprint density at radius 2 is 2.03 bits per heavy atom. The number of benzene rings is 1. The molecule has 1 saturated carbocycles. The summed E-state index contributed by atoms with van der Waals surface area (Å²) in [5.74, 6) is -0.799. The summed E-state index contributed by atoms with van der Waals surface area (Å²) < 4.78 is 36.0. The summed E-state index contributed by atoms with van der Waals surface area (Å²) in [6.45, 7) is -2.63. The Hall–Kier alpha value is -3.75. The second kappa shape index (κ2) is 9.59. The van der Waals surface area contributed by atoms with Gasteiger partial charge in [0.2, 0.25) is 0 Å². The molecule has 0 saturated heterocycles. The van der Waals surface area contributed by atoms with E-state index in [0.29, 0.717) is 23.9 Å². The summed E-state index contributed by atoms with van der Waals surface area (Å²) in [4.78, 5) is 20.0. The third-order valence-electron chi connectivity index (χ3n) is 4.95. The Labute approximate surface area is 183 Å². The first-order chi connectivity index (χ1) is 15.5. The average Bonchev–Trinajstić information content (AvgIpc) is 3.62. The molecular weight excluding hydrogens is 420 g/mol. The number of anilines is 1. The van der Waals surface area contributed by atoms with Crippen LogP contribution < -0.4 is 14.8 Å². The zero-order chi connectivity index (χ0) is 22.5. The lowest BCUT2D eigenvalue weighted by molar-refractivity contribution is -0.0519. The van der Waals surface area contributed by atoms with Gasteiger partial charge in [0.05, 0.1) is 23.9 Å². The van der Waals surface area contributed by atoms with E-state index < -0.39 is 18.6 Å². The number of carboxylic acids is 1. The van der Waals surface area contributed by atoms with Crippen molar-refractivity contribution in [3.8, 4) is 11.6 Å². The molecule has 166 valence electrons. The number of nitrogens with zero attached hydrogens (tertiary/aromatic N) is 2. The van der Waals surface area contributed by atoms with Crippen molar-refractivity contribution < 1.29 is 28.2 Å². The van der Waals surface area contributed by atoms with Gasteiger partial charge in [-0.15, -0.1) is 0 Å². The average molecular weight is 441 g/mol. The molecule has 2 aromatic heterocycles. The van der Waals surface area contributed by atoms with Gasteiger partial charge in [0.1, 0.15) is 0 Å². The number of carboxylic acid groups (broad SMARTS) is 1. The van der Waals surface area contributed by atoms with Gasteiger partial charge in [0, 0.05) is 18.1 Å². The fourth-order valence-electron chi connectivity index (χ4n) is 3.16. The van der Waals surface area contributed by atoms with Crippen molar-refractivity contribution in [2.75, 3.05) is 11.9 Å². The molecule has 1 fully saturated rings. The van der Waals surface area contributed by atoms with Crippen molar-refractivity contribution in [3.63, 3.8) is 0 Å². The van der Waals surface area contributed by atoms with E-state index >= 15 is 0 Å². The summed E-state index contributed by atoms with van der Waals surface area (Å²) in [6, 6.07) is 12.4. The minimum absolute atomic E-state index is 0.00956. The number of aromatic nitrogens is 2. The highest BCUT2D eigenvalue weighted by Crippen LogP contribution is 2.35. The maximum absolute atomic E-state index is 12.9. The van der Waals surface area contributed by atoms with Crippen molar-refractivity contribution in [2.45, 2.75) is 25.5 Å². The van der Waals surface area contributed by atoms with Gasteiger partial charge >= 0.3 is 12.6 Å². The summed E-state index contributed by atoms with van der Waals surface area (Å²) in [7, 11) is 0. The van der Waals surface area contributed by atoms with Gasteiger partial charge < -0.3 is 19.9 Å². The first kappa shape index (κ1) is 21.5. The lowest BCUT2D eigenvalue weighted by atomic mass is 10.0. The van der Waals surface area contributed by atoms with E-state index in [1.54, 1.807) is 36.7 Å². The second-order valence-corrected chi connectivity index (χ2v) is 7.42. The highest BCUT2D eigenvalue weighted by Gasteiger charge is 2.25. The van der Waals surface area contributed by atoms with Gasteiger partial charge in [0.15, 0.2) is 5.75 Å². The van der Waals surface area contributed by atoms with Crippen LogP contribution in [-0.4, -0.2) is 34.3 Å². The summed E-state index contributed by atoms with van der Waals surface area (Å²) in [6.07, 6.45) is 5.34. The van der Waals surface area contributed by atoms with Gasteiger partial charge in [-0.3, -0.25) is 4.98 Å². The molecule has 1 aromatic carbocycles. The van der Waals surface area contributed by atoms with Gasteiger partial charge in [-0.25, -0.2) is 9.78 Å². The van der Waals surface area contributed by atoms with Crippen LogP contribution in [0, 0.1) is 5.92 Å². The molecule has 2 N–H and O–H groups in total. The van der Waals surface area contributed by atoms with Gasteiger partial charge in [0.25, 0.3) is 5.88 Å². The van der Waals surface area contributed by atoms with Crippen LogP contribution in [0.15, 0.2) is 60.9 Å². The predicted molar refractivity (Wildman–Crippen MR) is 112 cm³/mol. The minimum atomic E-state index is -3.00. The van der Waals surface area contributed by atoms with E-state index in [0.717, 1.165) is 18.4 Å². The van der Waals surface area contributed by atoms with Crippen LogP contribution in [0.5, 0.6) is 11.6 Å². The lowest BCUT2D eigenvalue weighted by Crippen LogP contribution is -2.16. The van der Waals surface area contributed by atoms with E-state index in [1.165, 1.54) is 18.2 Å². The number of carbonyl (C=O) groups is 1. The summed E-state index contributed by atoms with van der Waals surface area (Å²) in [5, 5.41) is 12.5. The van der Waals surface area contributed by atoms with Gasteiger partial charge in [-0.2, -0.15) is 8.78 Å². The Kier molecular flexibility index (Phi) is 6.44. The highest BCUT2D eigenvalue weighted by atomic mass is 19.3. The molecule has 1 atom stereocenters. The monoisotopic (exact) mass is 441 g/mol. The maximum Gasteiger partial charge on any atom is 0.387 e. The number of halogens is 2. The first-order valence-electron chi connectivity index (χ1n) is 10.1. The Morgan fingerprint density at radius 1 is 1.19 bits per heavy atom. The molecule has 4 rings (SSSR count). The Balaban J connectivity index is 1.69. The molecule has 7 nitrogen and oxygen atoms in total. The van der Waals surface area contributed by atoms with Crippen LogP contribution in [0.4, 0.5) is 14.5 Å². The molecular formula is C23H21F2N3O4.